The van der Waals surface area contributed by atoms with E-state index >= 15 is 0 Å². The maximum atomic E-state index is 12.4. The SMILES string of the molecule is COc1ccc2c(c1)[C@](O)(CC(=O)c1ccccc1O)C(=O)N2. The zero-order valence-corrected chi connectivity index (χ0v) is 12.4. The molecule has 23 heavy (non-hydrogen) atoms. The molecule has 1 amide bonds. The highest BCUT2D eigenvalue weighted by Crippen LogP contribution is 2.41. The van der Waals surface area contributed by atoms with Crippen molar-refractivity contribution in [2.75, 3.05) is 12.4 Å². The molecule has 0 aromatic heterocycles. The van der Waals surface area contributed by atoms with Gasteiger partial charge in [0.1, 0.15) is 11.5 Å². The minimum absolute atomic E-state index is 0.0603. The molecular weight excluding hydrogens is 298 g/mol. The molecule has 1 heterocycles. The number of carbonyl (C=O) groups is 2. The molecule has 0 saturated carbocycles. The third-order valence-electron chi connectivity index (χ3n) is 3.92. The Kier molecular flexibility index (Phi) is 3.54. The number of phenols is 1. The van der Waals surface area contributed by atoms with Gasteiger partial charge >= 0.3 is 0 Å². The summed E-state index contributed by atoms with van der Waals surface area (Å²) in [5.74, 6) is -0.931. The number of amides is 1. The van der Waals surface area contributed by atoms with Gasteiger partial charge in [-0.25, -0.2) is 0 Å². The highest BCUT2D eigenvalue weighted by Gasteiger charge is 2.47. The van der Waals surface area contributed by atoms with Gasteiger partial charge in [-0.2, -0.15) is 0 Å². The van der Waals surface area contributed by atoms with Crippen LogP contribution < -0.4 is 10.1 Å². The normalized spacial score (nSPS) is 19.1. The van der Waals surface area contributed by atoms with Crippen molar-refractivity contribution in [1.82, 2.24) is 0 Å². The lowest BCUT2D eigenvalue weighted by Crippen LogP contribution is -2.36. The first kappa shape index (κ1) is 15.1. The molecule has 0 aliphatic carbocycles. The molecule has 1 atom stereocenters. The van der Waals surface area contributed by atoms with Crippen molar-refractivity contribution in [3.05, 3.63) is 53.6 Å². The molecule has 1 aliphatic heterocycles. The van der Waals surface area contributed by atoms with Crippen LogP contribution in [0.5, 0.6) is 11.5 Å². The lowest BCUT2D eigenvalue weighted by Gasteiger charge is -2.20. The summed E-state index contributed by atoms with van der Waals surface area (Å²) in [5.41, 5.74) is -1.22. The van der Waals surface area contributed by atoms with Crippen molar-refractivity contribution >= 4 is 17.4 Å². The van der Waals surface area contributed by atoms with Crippen LogP contribution in [0, 0.1) is 0 Å². The molecule has 0 unspecified atom stereocenters. The van der Waals surface area contributed by atoms with Gasteiger partial charge in [0.25, 0.3) is 5.91 Å². The molecule has 1 aliphatic rings. The second-order valence-corrected chi connectivity index (χ2v) is 5.34. The second-order valence-electron chi connectivity index (χ2n) is 5.34. The van der Waals surface area contributed by atoms with Crippen LogP contribution in [0.25, 0.3) is 0 Å². The van der Waals surface area contributed by atoms with Gasteiger partial charge in [-0.3, -0.25) is 9.59 Å². The highest BCUT2D eigenvalue weighted by atomic mass is 16.5. The standard InChI is InChI=1S/C17H15NO5/c1-23-10-6-7-13-12(8-10)17(22,16(21)18-13)9-15(20)11-4-2-3-5-14(11)19/h2-8,19,22H,9H2,1H3,(H,18,21)/t17-/m1/s1. The number of ether oxygens (including phenoxy) is 1. The Morgan fingerprint density at radius 2 is 2.00 bits per heavy atom. The van der Waals surface area contributed by atoms with E-state index < -0.39 is 23.7 Å². The van der Waals surface area contributed by atoms with Crippen molar-refractivity contribution in [1.29, 1.82) is 0 Å². The van der Waals surface area contributed by atoms with Crippen LogP contribution in [0.2, 0.25) is 0 Å². The maximum Gasteiger partial charge on any atom is 0.261 e. The molecule has 3 rings (SSSR count). The number of hydrogen-bond donors (Lipinski definition) is 3. The number of aliphatic hydroxyl groups is 1. The summed E-state index contributed by atoms with van der Waals surface area (Å²) >= 11 is 0. The van der Waals surface area contributed by atoms with Gasteiger partial charge in [0.2, 0.25) is 0 Å². The number of anilines is 1. The monoisotopic (exact) mass is 313 g/mol. The summed E-state index contributed by atoms with van der Waals surface area (Å²) in [6.07, 6.45) is -0.476. The minimum Gasteiger partial charge on any atom is -0.507 e. The molecule has 2 aromatic rings. The highest BCUT2D eigenvalue weighted by molar-refractivity contribution is 6.10. The number of phenolic OH excluding ortho intramolecular Hbond substituents is 1. The Labute approximate surface area is 132 Å². The number of fused-ring (bicyclic) bond motifs is 1. The first-order chi connectivity index (χ1) is 11.0. The molecule has 2 aromatic carbocycles. The predicted molar refractivity (Wildman–Crippen MR) is 82.6 cm³/mol. The Bertz CT molecular complexity index is 801. The Hall–Kier alpha value is -2.86. The summed E-state index contributed by atoms with van der Waals surface area (Å²) in [7, 11) is 1.47. The number of methoxy groups -OCH3 is 1. The zero-order valence-electron chi connectivity index (χ0n) is 12.4. The summed E-state index contributed by atoms with van der Waals surface area (Å²) in [4.78, 5) is 24.6. The van der Waals surface area contributed by atoms with Crippen LogP contribution in [0.3, 0.4) is 0 Å². The fourth-order valence-electron chi connectivity index (χ4n) is 2.66. The van der Waals surface area contributed by atoms with Crippen LogP contribution in [-0.2, 0) is 10.4 Å². The molecule has 118 valence electrons. The summed E-state index contributed by atoms with van der Waals surface area (Å²) < 4.78 is 5.10. The maximum absolute atomic E-state index is 12.4. The number of aromatic hydroxyl groups is 1. The molecular formula is C17H15NO5. The van der Waals surface area contributed by atoms with E-state index in [0.717, 1.165) is 0 Å². The number of rotatable bonds is 4. The Morgan fingerprint density at radius 1 is 1.26 bits per heavy atom. The second kappa shape index (κ2) is 5.40. The Morgan fingerprint density at radius 3 is 2.70 bits per heavy atom. The average molecular weight is 313 g/mol. The summed E-state index contributed by atoms with van der Waals surface area (Å²) in [5, 5.41) is 23.1. The Balaban J connectivity index is 1.98. The van der Waals surface area contributed by atoms with Crippen molar-refractivity contribution in [3.63, 3.8) is 0 Å². The van der Waals surface area contributed by atoms with Crippen LogP contribution in [0.1, 0.15) is 22.3 Å². The van der Waals surface area contributed by atoms with Crippen LogP contribution in [0.4, 0.5) is 5.69 Å². The summed E-state index contributed by atoms with van der Waals surface area (Å²) in [6.45, 7) is 0. The number of carbonyl (C=O) groups excluding carboxylic acids is 2. The van der Waals surface area contributed by atoms with Gasteiger partial charge < -0.3 is 20.3 Å². The van der Waals surface area contributed by atoms with E-state index in [0.29, 0.717) is 11.4 Å². The van der Waals surface area contributed by atoms with Crippen LogP contribution >= 0.6 is 0 Å². The van der Waals surface area contributed by atoms with Gasteiger partial charge in [-0.15, -0.1) is 0 Å². The third-order valence-corrected chi connectivity index (χ3v) is 3.92. The fourth-order valence-corrected chi connectivity index (χ4v) is 2.66. The molecule has 6 nitrogen and oxygen atoms in total. The lowest BCUT2D eigenvalue weighted by atomic mass is 9.88. The van der Waals surface area contributed by atoms with Crippen LogP contribution in [0.15, 0.2) is 42.5 Å². The van der Waals surface area contributed by atoms with E-state index in [1.165, 1.54) is 25.3 Å². The largest absolute Gasteiger partial charge is 0.507 e. The van der Waals surface area contributed by atoms with E-state index in [1.54, 1.807) is 24.3 Å². The van der Waals surface area contributed by atoms with E-state index in [2.05, 4.69) is 5.32 Å². The minimum atomic E-state index is -2.00. The number of hydrogen-bond acceptors (Lipinski definition) is 5. The van der Waals surface area contributed by atoms with Crippen molar-refractivity contribution < 1.29 is 24.5 Å². The molecule has 3 N–H and O–H groups in total. The summed E-state index contributed by atoms with van der Waals surface area (Å²) in [6, 6.07) is 10.8. The van der Waals surface area contributed by atoms with Gasteiger partial charge in [0, 0.05) is 11.3 Å². The average Bonchev–Trinajstić information content (AvgIpc) is 2.78. The first-order valence-electron chi connectivity index (χ1n) is 6.99. The van der Waals surface area contributed by atoms with Crippen molar-refractivity contribution in [3.8, 4) is 11.5 Å². The fraction of sp³-hybridized carbons (Fsp3) is 0.176. The van der Waals surface area contributed by atoms with Gasteiger partial charge in [-0.1, -0.05) is 12.1 Å². The van der Waals surface area contributed by atoms with E-state index in [4.69, 9.17) is 4.74 Å². The first-order valence-corrected chi connectivity index (χ1v) is 6.99. The molecule has 0 radical (unpaired) electrons. The number of Topliss-reactive ketones (excluding diaryl/α,β-unsaturated/α-hetero) is 1. The molecule has 0 saturated heterocycles. The number of ketones is 1. The zero-order chi connectivity index (χ0) is 16.6. The van der Waals surface area contributed by atoms with Gasteiger partial charge in [0.15, 0.2) is 11.4 Å². The molecule has 0 fully saturated rings. The number of benzene rings is 2. The van der Waals surface area contributed by atoms with Crippen molar-refractivity contribution in [2.24, 2.45) is 0 Å². The number of nitrogens with one attached hydrogen (secondary N) is 1. The molecule has 0 bridgehead atoms. The predicted octanol–water partition coefficient (Wildman–Crippen LogP) is 1.81. The van der Waals surface area contributed by atoms with E-state index in [1.807, 2.05) is 0 Å². The van der Waals surface area contributed by atoms with E-state index in [-0.39, 0.29) is 16.9 Å². The number of para-hydroxylation sites is 1. The topological polar surface area (TPSA) is 95.9 Å². The quantitative estimate of drug-likeness (QED) is 0.748. The smallest absolute Gasteiger partial charge is 0.261 e. The molecule has 0 spiro atoms. The van der Waals surface area contributed by atoms with Gasteiger partial charge in [-0.05, 0) is 30.3 Å². The third kappa shape index (κ3) is 2.43. The van der Waals surface area contributed by atoms with Crippen LogP contribution in [-0.4, -0.2) is 29.0 Å². The van der Waals surface area contributed by atoms with Gasteiger partial charge in [0.05, 0.1) is 19.1 Å². The van der Waals surface area contributed by atoms with Crippen molar-refractivity contribution in [2.45, 2.75) is 12.0 Å². The van der Waals surface area contributed by atoms with E-state index in [9.17, 15) is 19.8 Å². The molecule has 6 heteroatoms. The lowest BCUT2D eigenvalue weighted by molar-refractivity contribution is -0.133.